The third-order valence-corrected chi connectivity index (χ3v) is 2.16. The molecule has 76 valence electrons. The zero-order valence-corrected chi connectivity index (χ0v) is 7.90. The molecular formula is C11H10N2O2. The molecule has 2 aromatic rings. The van der Waals surface area contributed by atoms with Crippen LogP contribution < -0.4 is 5.73 Å². The van der Waals surface area contributed by atoms with Crippen LogP contribution in [0.1, 0.15) is 10.4 Å². The number of hydrogen-bond acceptors (Lipinski definition) is 2. The van der Waals surface area contributed by atoms with E-state index in [4.69, 9.17) is 10.8 Å². The molecule has 0 spiro atoms. The average Bonchev–Trinajstić information content (AvgIpc) is 2.62. The maximum atomic E-state index is 10.8. The van der Waals surface area contributed by atoms with Gasteiger partial charge in [0.25, 0.3) is 0 Å². The third-order valence-electron chi connectivity index (χ3n) is 2.16. The van der Waals surface area contributed by atoms with Crippen LogP contribution in [-0.2, 0) is 0 Å². The van der Waals surface area contributed by atoms with Crippen molar-refractivity contribution in [2.45, 2.75) is 0 Å². The van der Waals surface area contributed by atoms with Crippen LogP contribution in [0.15, 0.2) is 36.4 Å². The van der Waals surface area contributed by atoms with E-state index >= 15 is 0 Å². The van der Waals surface area contributed by atoms with Crippen molar-refractivity contribution in [3.63, 3.8) is 0 Å². The van der Waals surface area contributed by atoms with Crippen molar-refractivity contribution in [3.05, 3.63) is 42.0 Å². The summed E-state index contributed by atoms with van der Waals surface area (Å²) in [4.78, 5) is 13.6. The highest BCUT2D eigenvalue weighted by Crippen LogP contribution is 2.22. The summed E-state index contributed by atoms with van der Waals surface area (Å²) in [7, 11) is 0. The van der Waals surface area contributed by atoms with Crippen LogP contribution in [0.2, 0.25) is 0 Å². The number of aromatic nitrogens is 1. The van der Waals surface area contributed by atoms with Crippen LogP contribution >= 0.6 is 0 Å². The first kappa shape index (κ1) is 9.33. The standard InChI is InChI=1S/C11H10N2O2/c12-10-8(11(14)15)6-9(13-10)7-4-2-1-3-5-7/h1-6,13H,12H2,(H,14,15). The van der Waals surface area contributed by atoms with Crippen LogP contribution in [0.3, 0.4) is 0 Å². The van der Waals surface area contributed by atoms with E-state index in [2.05, 4.69) is 4.98 Å². The summed E-state index contributed by atoms with van der Waals surface area (Å²) < 4.78 is 0. The fourth-order valence-corrected chi connectivity index (χ4v) is 1.42. The van der Waals surface area contributed by atoms with Gasteiger partial charge in [-0.1, -0.05) is 30.3 Å². The topological polar surface area (TPSA) is 79.1 Å². The number of rotatable bonds is 2. The van der Waals surface area contributed by atoms with Crippen molar-refractivity contribution < 1.29 is 9.90 Å². The molecular weight excluding hydrogens is 192 g/mol. The molecule has 0 saturated carbocycles. The maximum absolute atomic E-state index is 10.8. The van der Waals surface area contributed by atoms with E-state index in [-0.39, 0.29) is 11.4 Å². The molecule has 0 atom stereocenters. The van der Waals surface area contributed by atoms with Gasteiger partial charge in [0.15, 0.2) is 0 Å². The second-order valence-corrected chi connectivity index (χ2v) is 3.18. The highest BCUT2D eigenvalue weighted by atomic mass is 16.4. The fraction of sp³-hybridized carbons (Fsp3) is 0. The molecule has 0 amide bonds. The van der Waals surface area contributed by atoms with Gasteiger partial charge in [-0.3, -0.25) is 0 Å². The smallest absolute Gasteiger partial charge is 0.339 e. The predicted octanol–water partition coefficient (Wildman–Crippen LogP) is 1.96. The van der Waals surface area contributed by atoms with E-state index in [0.717, 1.165) is 5.56 Å². The number of H-pyrrole nitrogens is 1. The molecule has 0 radical (unpaired) electrons. The minimum Gasteiger partial charge on any atom is -0.478 e. The van der Waals surface area contributed by atoms with Gasteiger partial charge >= 0.3 is 5.97 Å². The van der Waals surface area contributed by atoms with Crippen LogP contribution in [0, 0.1) is 0 Å². The molecule has 0 aliphatic heterocycles. The number of nitrogens with one attached hydrogen (secondary N) is 1. The summed E-state index contributed by atoms with van der Waals surface area (Å²) in [5.41, 5.74) is 7.28. The summed E-state index contributed by atoms with van der Waals surface area (Å²) in [5.74, 6) is -0.840. The zero-order chi connectivity index (χ0) is 10.8. The van der Waals surface area contributed by atoms with E-state index in [1.807, 2.05) is 30.3 Å². The van der Waals surface area contributed by atoms with Gasteiger partial charge in [0.1, 0.15) is 11.4 Å². The van der Waals surface area contributed by atoms with Crippen LogP contribution in [-0.4, -0.2) is 16.1 Å². The number of anilines is 1. The van der Waals surface area contributed by atoms with Gasteiger partial charge in [-0.05, 0) is 11.6 Å². The lowest BCUT2D eigenvalue weighted by Crippen LogP contribution is -1.98. The van der Waals surface area contributed by atoms with E-state index in [9.17, 15) is 4.79 Å². The van der Waals surface area contributed by atoms with E-state index in [0.29, 0.717) is 5.69 Å². The third kappa shape index (κ3) is 1.69. The number of carbonyl (C=O) groups is 1. The van der Waals surface area contributed by atoms with Gasteiger partial charge in [-0.2, -0.15) is 0 Å². The predicted molar refractivity (Wildman–Crippen MR) is 57.6 cm³/mol. The Bertz CT molecular complexity index is 489. The molecule has 4 heteroatoms. The molecule has 1 aromatic heterocycles. The van der Waals surface area contributed by atoms with Gasteiger partial charge < -0.3 is 15.8 Å². The molecule has 0 aliphatic rings. The first-order valence-electron chi connectivity index (χ1n) is 4.45. The molecule has 1 aromatic carbocycles. The van der Waals surface area contributed by atoms with Crippen molar-refractivity contribution in [2.24, 2.45) is 0 Å². The molecule has 0 aliphatic carbocycles. The van der Waals surface area contributed by atoms with Gasteiger partial charge in [0, 0.05) is 5.69 Å². The monoisotopic (exact) mass is 202 g/mol. The van der Waals surface area contributed by atoms with Gasteiger partial charge in [-0.15, -0.1) is 0 Å². The molecule has 0 unspecified atom stereocenters. The molecule has 1 heterocycles. The van der Waals surface area contributed by atoms with Gasteiger partial charge in [0.05, 0.1) is 0 Å². The van der Waals surface area contributed by atoms with Crippen LogP contribution in [0.5, 0.6) is 0 Å². The van der Waals surface area contributed by atoms with Crippen LogP contribution in [0.4, 0.5) is 5.82 Å². The number of nitrogen functional groups attached to an aromatic ring is 1. The van der Waals surface area contributed by atoms with Crippen molar-refractivity contribution in [2.75, 3.05) is 5.73 Å². The highest BCUT2D eigenvalue weighted by Gasteiger charge is 2.12. The Balaban J connectivity index is 2.48. The Morgan fingerprint density at radius 3 is 2.47 bits per heavy atom. The molecule has 2 rings (SSSR count). The van der Waals surface area contributed by atoms with Crippen molar-refractivity contribution in [3.8, 4) is 11.3 Å². The molecule has 4 N–H and O–H groups in total. The SMILES string of the molecule is Nc1[nH]c(-c2ccccc2)cc1C(=O)O. The van der Waals surface area contributed by atoms with Crippen molar-refractivity contribution in [1.29, 1.82) is 0 Å². The second kappa shape index (κ2) is 3.49. The first-order chi connectivity index (χ1) is 7.18. The Hall–Kier alpha value is -2.23. The number of nitrogens with two attached hydrogens (primary N) is 1. The minimum absolute atomic E-state index is 0.105. The normalized spacial score (nSPS) is 10.1. The van der Waals surface area contributed by atoms with Crippen molar-refractivity contribution >= 4 is 11.8 Å². The summed E-state index contributed by atoms with van der Waals surface area (Å²) in [5, 5.41) is 8.83. The van der Waals surface area contributed by atoms with E-state index < -0.39 is 5.97 Å². The molecule has 0 saturated heterocycles. The first-order valence-corrected chi connectivity index (χ1v) is 4.45. The second-order valence-electron chi connectivity index (χ2n) is 3.18. The maximum Gasteiger partial charge on any atom is 0.339 e. The molecule has 15 heavy (non-hydrogen) atoms. The Labute approximate surface area is 86.4 Å². The Morgan fingerprint density at radius 1 is 1.27 bits per heavy atom. The number of carboxylic acid groups (broad SMARTS) is 1. The van der Waals surface area contributed by atoms with E-state index in [1.54, 1.807) is 0 Å². The summed E-state index contributed by atoms with van der Waals surface area (Å²) >= 11 is 0. The summed E-state index contributed by atoms with van der Waals surface area (Å²) in [6.45, 7) is 0. The van der Waals surface area contributed by atoms with E-state index in [1.165, 1.54) is 6.07 Å². The zero-order valence-electron chi connectivity index (χ0n) is 7.90. The Morgan fingerprint density at radius 2 is 1.93 bits per heavy atom. The van der Waals surface area contributed by atoms with Gasteiger partial charge in [0.2, 0.25) is 0 Å². The fourth-order valence-electron chi connectivity index (χ4n) is 1.42. The number of aromatic amines is 1. The Kier molecular flexibility index (Phi) is 2.17. The lowest BCUT2D eigenvalue weighted by Gasteiger charge is -1.95. The summed E-state index contributed by atoms with van der Waals surface area (Å²) in [6.07, 6.45) is 0. The number of hydrogen-bond donors (Lipinski definition) is 3. The molecule has 0 bridgehead atoms. The minimum atomic E-state index is -1.02. The average molecular weight is 202 g/mol. The quantitative estimate of drug-likeness (QED) is 0.696. The highest BCUT2D eigenvalue weighted by molar-refractivity contribution is 5.94. The molecule has 0 fully saturated rings. The van der Waals surface area contributed by atoms with Gasteiger partial charge in [-0.25, -0.2) is 4.79 Å². The van der Waals surface area contributed by atoms with Crippen molar-refractivity contribution in [1.82, 2.24) is 4.98 Å². The summed E-state index contributed by atoms with van der Waals surface area (Å²) in [6, 6.07) is 11.0. The molecule has 4 nitrogen and oxygen atoms in total. The number of aromatic carboxylic acids is 1. The lowest BCUT2D eigenvalue weighted by atomic mass is 10.1. The number of benzene rings is 1. The number of carboxylic acids is 1. The van der Waals surface area contributed by atoms with Crippen LogP contribution in [0.25, 0.3) is 11.3 Å². The lowest BCUT2D eigenvalue weighted by molar-refractivity contribution is 0.0698. The largest absolute Gasteiger partial charge is 0.478 e.